The van der Waals surface area contributed by atoms with Crippen LogP contribution in [0.15, 0.2) is 41.3 Å². The van der Waals surface area contributed by atoms with Crippen LogP contribution in [-0.4, -0.2) is 5.11 Å². The summed E-state index contributed by atoms with van der Waals surface area (Å²) in [6, 6.07) is 11.3. The second-order valence-electron chi connectivity index (χ2n) is 2.96. The lowest BCUT2D eigenvalue weighted by Crippen LogP contribution is -1.75. The quantitative estimate of drug-likeness (QED) is 0.822. The van der Waals surface area contributed by atoms with Crippen LogP contribution in [0.5, 0.6) is 5.75 Å². The van der Waals surface area contributed by atoms with Crippen molar-refractivity contribution in [2.75, 3.05) is 0 Å². The van der Waals surface area contributed by atoms with Gasteiger partial charge in [0.15, 0.2) is 0 Å². The smallest absolute Gasteiger partial charge is 0.129 e. The Hall–Kier alpha value is -0.640. The maximum atomic E-state index is 9.55. The van der Waals surface area contributed by atoms with Crippen molar-refractivity contribution in [2.24, 2.45) is 0 Å². The molecule has 1 aromatic carbocycles. The molecule has 0 amide bonds. The highest BCUT2D eigenvalue weighted by atomic mass is 35.5. The van der Waals surface area contributed by atoms with E-state index in [0.717, 1.165) is 15.0 Å². The maximum Gasteiger partial charge on any atom is 0.129 e. The van der Waals surface area contributed by atoms with Gasteiger partial charge in [-0.15, -0.1) is 23.1 Å². The summed E-state index contributed by atoms with van der Waals surface area (Å²) < 4.78 is 0.808. The van der Waals surface area contributed by atoms with E-state index in [2.05, 4.69) is 0 Å². The molecular weight excluding hydrogens is 248 g/mol. The molecule has 0 aliphatic rings. The molecule has 2 aromatic rings. The molecule has 1 N–H and O–H groups in total. The Morgan fingerprint density at radius 2 is 2.00 bits per heavy atom. The summed E-state index contributed by atoms with van der Waals surface area (Å²) in [6.07, 6.45) is 0. The molecule has 0 radical (unpaired) electrons. The number of phenolic OH excluding ortho intramolecular Hbond substituents is 1. The summed E-state index contributed by atoms with van der Waals surface area (Å²) in [4.78, 5) is 2.12. The van der Waals surface area contributed by atoms with Crippen molar-refractivity contribution < 1.29 is 5.11 Å². The first kappa shape index (κ1) is 10.9. The second kappa shape index (κ2) is 4.92. The molecule has 4 heteroatoms. The highest BCUT2D eigenvalue weighted by Gasteiger charge is 2.02. The fraction of sp³-hybridized carbons (Fsp3) is 0.0909. The minimum Gasteiger partial charge on any atom is -0.507 e. The first-order valence-electron chi connectivity index (χ1n) is 4.41. The fourth-order valence-electron chi connectivity index (χ4n) is 1.16. The number of para-hydroxylation sites is 1. The molecule has 0 bridgehead atoms. The van der Waals surface area contributed by atoms with Crippen molar-refractivity contribution in [3.05, 3.63) is 45.6 Å². The number of rotatable bonds is 3. The van der Waals surface area contributed by atoms with E-state index in [4.69, 9.17) is 11.6 Å². The van der Waals surface area contributed by atoms with Crippen LogP contribution < -0.4 is 0 Å². The average Bonchev–Trinajstić information content (AvgIpc) is 2.63. The number of halogens is 1. The minimum atomic E-state index is 0.338. The summed E-state index contributed by atoms with van der Waals surface area (Å²) in [6.45, 7) is 0. The number of aromatic hydroxyl groups is 1. The average molecular weight is 257 g/mol. The normalized spacial score (nSPS) is 10.5. The van der Waals surface area contributed by atoms with E-state index in [-0.39, 0.29) is 0 Å². The van der Waals surface area contributed by atoms with Gasteiger partial charge in [-0.25, -0.2) is 0 Å². The topological polar surface area (TPSA) is 20.2 Å². The van der Waals surface area contributed by atoms with Crippen LogP contribution in [0.2, 0.25) is 4.34 Å². The van der Waals surface area contributed by atoms with E-state index in [1.165, 1.54) is 4.88 Å². The zero-order valence-corrected chi connectivity index (χ0v) is 10.2. The predicted molar refractivity (Wildman–Crippen MR) is 67.0 cm³/mol. The lowest BCUT2D eigenvalue weighted by Gasteiger charge is -2.01. The number of phenols is 1. The molecule has 2 rings (SSSR count). The van der Waals surface area contributed by atoms with Gasteiger partial charge in [0.2, 0.25) is 0 Å². The summed E-state index contributed by atoms with van der Waals surface area (Å²) in [5.41, 5.74) is 0. The van der Waals surface area contributed by atoms with Crippen molar-refractivity contribution in [3.63, 3.8) is 0 Å². The third-order valence-electron chi connectivity index (χ3n) is 1.86. The molecule has 78 valence electrons. The second-order valence-corrected chi connectivity index (χ2v) is 5.78. The molecule has 1 aromatic heterocycles. The van der Waals surface area contributed by atoms with Gasteiger partial charge < -0.3 is 5.11 Å². The van der Waals surface area contributed by atoms with Crippen molar-refractivity contribution in [1.29, 1.82) is 0 Å². The number of hydrogen-bond acceptors (Lipinski definition) is 3. The Morgan fingerprint density at radius 1 is 1.20 bits per heavy atom. The van der Waals surface area contributed by atoms with Crippen molar-refractivity contribution >= 4 is 34.7 Å². The first-order chi connectivity index (χ1) is 7.25. The third kappa shape index (κ3) is 2.91. The van der Waals surface area contributed by atoms with Gasteiger partial charge >= 0.3 is 0 Å². The van der Waals surface area contributed by atoms with Gasteiger partial charge in [-0.2, -0.15) is 0 Å². The maximum absolute atomic E-state index is 9.55. The monoisotopic (exact) mass is 256 g/mol. The lowest BCUT2D eigenvalue weighted by molar-refractivity contribution is 0.462. The largest absolute Gasteiger partial charge is 0.507 e. The summed E-state index contributed by atoms with van der Waals surface area (Å²) in [5.74, 6) is 1.18. The number of benzene rings is 1. The lowest BCUT2D eigenvalue weighted by atomic mass is 10.3. The van der Waals surface area contributed by atoms with E-state index < -0.39 is 0 Å². The van der Waals surface area contributed by atoms with Crippen molar-refractivity contribution in [1.82, 2.24) is 0 Å². The molecule has 1 heterocycles. The van der Waals surface area contributed by atoms with Gasteiger partial charge in [-0.1, -0.05) is 23.7 Å². The molecule has 15 heavy (non-hydrogen) atoms. The molecule has 0 unspecified atom stereocenters. The summed E-state index contributed by atoms with van der Waals surface area (Å²) in [7, 11) is 0. The van der Waals surface area contributed by atoms with Crippen LogP contribution in [-0.2, 0) is 5.75 Å². The Morgan fingerprint density at radius 3 is 2.67 bits per heavy atom. The van der Waals surface area contributed by atoms with E-state index in [1.54, 1.807) is 29.2 Å². The van der Waals surface area contributed by atoms with Gasteiger partial charge in [0.1, 0.15) is 5.75 Å². The van der Waals surface area contributed by atoms with Gasteiger partial charge in [0, 0.05) is 15.5 Å². The van der Waals surface area contributed by atoms with Crippen LogP contribution in [0.1, 0.15) is 4.88 Å². The van der Waals surface area contributed by atoms with Crippen LogP contribution in [0.4, 0.5) is 0 Å². The molecule has 0 saturated carbocycles. The third-order valence-corrected chi connectivity index (χ3v) is 4.39. The molecular formula is C11H9ClOS2. The van der Waals surface area contributed by atoms with E-state index in [0.29, 0.717) is 5.75 Å². The highest BCUT2D eigenvalue weighted by Crippen LogP contribution is 2.33. The van der Waals surface area contributed by atoms with Gasteiger partial charge in [-0.3, -0.25) is 0 Å². The predicted octanol–water partition coefficient (Wildman–Crippen LogP) is 4.40. The molecule has 0 aliphatic carbocycles. The Bertz CT molecular complexity index is 453. The van der Waals surface area contributed by atoms with Crippen molar-refractivity contribution in [2.45, 2.75) is 10.6 Å². The van der Waals surface area contributed by atoms with Gasteiger partial charge in [0.05, 0.1) is 4.34 Å². The molecule has 0 spiro atoms. The minimum absolute atomic E-state index is 0.338. The van der Waals surface area contributed by atoms with Crippen LogP contribution in [0, 0.1) is 0 Å². The molecule has 0 fully saturated rings. The number of thioether (sulfide) groups is 1. The molecule has 0 aliphatic heterocycles. The van der Waals surface area contributed by atoms with Crippen LogP contribution in [0.3, 0.4) is 0 Å². The molecule has 1 nitrogen and oxygen atoms in total. The van der Waals surface area contributed by atoms with Crippen molar-refractivity contribution in [3.8, 4) is 5.75 Å². The first-order valence-corrected chi connectivity index (χ1v) is 6.59. The highest BCUT2D eigenvalue weighted by molar-refractivity contribution is 7.98. The Labute approximate surface area is 102 Å². The summed E-state index contributed by atoms with van der Waals surface area (Å²) >= 11 is 9.02. The standard InChI is InChI=1S/C11H9ClOS2/c12-11-6-5-8(15-11)7-14-10-4-2-1-3-9(10)13/h1-6,13H,7H2. The fourth-order valence-corrected chi connectivity index (χ4v) is 3.24. The Balaban J connectivity index is 2.02. The van der Waals surface area contributed by atoms with Crippen LogP contribution in [0.25, 0.3) is 0 Å². The SMILES string of the molecule is Oc1ccccc1SCc1ccc(Cl)s1. The van der Waals surface area contributed by atoms with Gasteiger partial charge in [0.25, 0.3) is 0 Å². The number of hydrogen-bond donors (Lipinski definition) is 1. The van der Waals surface area contributed by atoms with Crippen LogP contribution >= 0.6 is 34.7 Å². The molecule has 0 saturated heterocycles. The van der Waals surface area contributed by atoms with Gasteiger partial charge in [-0.05, 0) is 24.3 Å². The van der Waals surface area contributed by atoms with E-state index in [1.807, 2.05) is 30.3 Å². The summed E-state index contributed by atoms with van der Waals surface area (Å²) in [5, 5.41) is 9.55. The zero-order valence-electron chi connectivity index (χ0n) is 7.81. The van der Waals surface area contributed by atoms with E-state index in [9.17, 15) is 5.11 Å². The zero-order chi connectivity index (χ0) is 10.7. The number of thiophene rings is 1. The Kier molecular flexibility index (Phi) is 3.57. The molecule has 0 atom stereocenters. The van der Waals surface area contributed by atoms with E-state index >= 15 is 0 Å².